The maximum atomic E-state index is 12.4. The summed E-state index contributed by atoms with van der Waals surface area (Å²) < 4.78 is 42.3. The summed E-state index contributed by atoms with van der Waals surface area (Å²) in [6.07, 6.45) is -4.46. The molecule has 0 spiro atoms. The van der Waals surface area contributed by atoms with Crippen LogP contribution in [0.5, 0.6) is 5.75 Å². The van der Waals surface area contributed by atoms with Crippen LogP contribution in [0, 0.1) is 0 Å². The maximum Gasteiger partial charge on any atom is 0.416 e. The molecular formula is C12H15F3N2O2. The van der Waals surface area contributed by atoms with E-state index in [1.165, 1.54) is 0 Å². The number of hydrogen-bond acceptors (Lipinski definition) is 3. The molecule has 0 unspecified atom stereocenters. The topological polar surface area (TPSA) is 64.3 Å². The van der Waals surface area contributed by atoms with Crippen LogP contribution in [-0.4, -0.2) is 18.6 Å². The minimum atomic E-state index is -4.46. The number of hydrogen-bond donors (Lipinski definition) is 2. The Bertz CT molecular complexity index is 459. The van der Waals surface area contributed by atoms with Gasteiger partial charge in [-0.2, -0.15) is 13.2 Å². The molecule has 0 aliphatic heterocycles. The average Bonchev–Trinajstić information content (AvgIpc) is 2.25. The largest absolute Gasteiger partial charge is 0.482 e. The van der Waals surface area contributed by atoms with E-state index in [4.69, 9.17) is 10.5 Å². The summed E-state index contributed by atoms with van der Waals surface area (Å²) in [5.41, 5.74) is 4.43. The van der Waals surface area contributed by atoms with Crippen LogP contribution >= 0.6 is 0 Å². The zero-order valence-corrected chi connectivity index (χ0v) is 10.5. The van der Waals surface area contributed by atoms with Gasteiger partial charge in [-0.15, -0.1) is 0 Å². The third-order valence-corrected chi connectivity index (χ3v) is 2.15. The Labute approximate surface area is 108 Å². The summed E-state index contributed by atoms with van der Waals surface area (Å²) >= 11 is 0. The van der Waals surface area contributed by atoms with Gasteiger partial charge in [0.05, 0.1) is 11.3 Å². The average molecular weight is 276 g/mol. The van der Waals surface area contributed by atoms with Crippen LogP contribution in [0.1, 0.15) is 19.4 Å². The lowest BCUT2D eigenvalue weighted by Crippen LogP contribution is -2.34. The van der Waals surface area contributed by atoms with Crippen molar-refractivity contribution in [2.45, 2.75) is 26.1 Å². The number of nitrogens with two attached hydrogens (primary N) is 1. The van der Waals surface area contributed by atoms with Gasteiger partial charge >= 0.3 is 6.18 Å². The fourth-order valence-corrected chi connectivity index (χ4v) is 1.36. The van der Waals surface area contributed by atoms with Crippen molar-refractivity contribution in [3.05, 3.63) is 23.8 Å². The van der Waals surface area contributed by atoms with Crippen LogP contribution in [0.2, 0.25) is 0 Å². The highest BCUT2D eigenvalue weighted by atomic mass is 19.4. The lowest BCUT2D eigenvalue weighted by Gasteiger charge is -2.13. The van der Waals surface area contributed by atoms with Gasteiger partial charge in [0.15, 0.2) is 6.61 Å². The Balaban J connectivity index is 2.68. The maximum absolute atomic E-state index is 12.4. The second-order valence-corrected chi connectivity index (χ2v) is 4.26. The van der Waals surface area contributed by atoms with Crippen molar-refractivity contribution < 1.29 is 22.7 Å². The number of nitrogen functional groups attached to an aromatic ring is 1. The molecule has 0 radical (unpaired) electrons. The highest BCUT2D eigenvalue weighted by Gasteiger charge is 2.30. The van der Waals surface area contributed by atoms with Crippen LogP contribution in [0.4, 0.5) is 18.9 Å². The standard InChI is InChI=1S/C12H15F3N2O2/c1-7(2)17-11(18)6-19-10-4-3-8(5-9(10)16)12(13,14)15/h3-5,7H,6,16H2,1-2H3,(H,17,18). The number of ether oxygens (including phenoxy) is 1. The molecule has 106 valence electrons. The van der Waals surface area contributed by atoms with Gasteiger partial charge in [0.25, 0.3) is 5.91 Å². The first-order valence-electron chi connectivity index (χ1n) is 5.59. The molecular weight excluding hydrogens is 261 g/mol. The third kappa shape index (κ3) is 4.69. The molecule has 7 heteroatoms. The van der Waals surface area contributed by atoms with E-state index in [1.54, 1.807) is 13.8 Å². The number of rotatable bonds is 4. The van der Waals surface area contributed by atoms with Crippen molar-refractivity contribution in [2.24, 2.45) is 0 Å². The van der Waals surface area contributed by atoms with E-state index in [0.717, 1.165) is 18.2 Å². The second kappa shape index (κ2) is 5.81. The number of halogens is 3. The van der Waals surface area contributed by atoms with Crippen molar-refractivity contribution in [1.82, 2.24) is 5.32 Å². The molecule has 0 saturated carbocycles. The molecule has 0 bridgehead atoms. The number of carbonyl (C=O) groups is 1. The first kappa shape index (κ1) is 15.1. The summed E-state index contributed by atoms with van der Waals surface area (Å²) in [6.45, 7) is 3.27. The first-order chi connectivity index (χ1) is 8.70. The van der Waals surface area contributed by atoms with Gasteiger partial charge < -0.3 is 15.8 Å². The van der Waals surface area contributed by atoms with E-state index in [-0.39, 0.29) is 30.0 Å². The molecule has 0 aromatic heterocycles. The lowest BCUT2D eigenvalue weighted by atomic mass is 10.2. The van der Waals surface area contributed by atoms with Crippen molar-refractivity contribution >= 4 is 11.6 Å². The second-order valence-electron chi connectivity index (χ2n) is 4.26. The lowest BCUT2D eigenvalue weighted by molar-refractivity contribution is -0.137. The Morgan fingerprint density at radius 3 is 2.53 bits per heavy atom. The van der Waals surface area contributed by atoms with E-state index in [1.807, 2.05) is 0 Å². The number of amides is 1. The number of anilines is 1. The van der Waals surface area contributed by atoms with Crippen LogP contribution < -0.4 is 15.8 Å². The first-order valence-corrected chi connectivity index (χ1v) is 5.59. The number of nitrogens with one attached hydrogen (secondary N) is 1. The molecule has 19 heavy (non-hydrogen) atoms. The fourth-order valence-electron chi connectivity index (χ4n) is 1.36. The number of alkyl halides is 3. The van der Waals surface area contributed by atoms with Crippen molar-refractivity contribution in [2.75, 3.05) is 12.3 Å². The Kier molecular flexibility index (Phi) is 4.63. The molecule has 1 aromatic carbocycles. The minimum absolute atomic E-state index is 0.0407. The van der Waals surface area contributed by atoms with E-state index in [9.17, 15) is 18.0 Å². The molecule has 4 nitrogen and oxygen atoms in total. The highest BCUT2D eigenvalue weighted by Crippen LogP contribution is 2.33. The Morgan fingerprint density at radius 2 is 2.05 bits per heavy atom. The third-order valence-electron chi connectivity index (χ3n) is 2.15. The zero-order chi connectivity index (χ0) is 14.6. The van der Waals surface area contributed by atoms with Gasteiger partial charge in [0.2, 0.25) is 0 Å². The number of benzene rings is 1. The van der Waals surface area contributed by atoms with Crippen molar-refractivity contribution in [1.29, 1.82) is 0 Å². The molecule has 0 aliphatic carbocycles. The monoisotopic (exact) mass is 276 g/mol. The van der Waals surface area contributed by atoms with Crippen molar-refractivity contribution in [3.8, 4) is 5.75 Å². The van der Waals surface area contributed by atoms with Gasteiger partial charge in [0, 0.05) is 6.04 Å². The Hall–Kier alpha value is -1.92. The molecule has 0 aliphatic rings. The number of carbonyl (C=O) groups excluding carboxylic acids is 1. The predicted octanol–water partition coefficient (Wildman–Crippen LogP) is 2.19. The summed E-state index contributed by atoms with van der Waals surface area (Å²) in [6, 6.07) is 2.68. The van der Waals surface area contributed by atoms with E-state index in [0.29, 0.717) is 0 Å². The molecule has 0 atom stereocenters. The quantitative estimate of drug-likeness (QED) is 0.828. The molecule has 3 N–H and O–H groups in total. The summed E-state index contributed by atoms with van der Waals surface area (Å²) in [7, 11) is 0. The molecule has 1 amide bonds. The van der Waals surface area contributed by atoms with E-state index >= 15 is 0 Å². The van der Waals surface area contributed by atoms with E-state index < -0.39 is 11.7 Å². The van der Waals surface area contributed by atoms with E-state index in [2.05, 4.69) is 5.32 Å². The summed E-state index contributed by atoms with van der Waals surface area (Å²) in [5, 5.41) is 2.58. The van der Waals surface area contributed by atoms with Crippen LogP contribution in [-0.2, 0) is 11.0 Å². The highest BCUT2D eigenvalue weighted by molar-refractivity contribution is 5.78. The Morgan fingerprint density at radius 1 is 1.42 bits per heavy atom. The van der Waals surface area contributed by atoms with Gasteiger partial charge in [-0.05, 0) is 32.0 Å². The van der Waals surface area contributed by atoms with Gasteiger partial charge in [-0.25, -0.2) is 0 Å². The molecule has 1 rings (SSSR count). The zero-order valence-electron chi connectivity index (χ0n) is 10.5. The van der Waals surface area contributed by atoms with Crippen LogP contribution in [0.3, 0.4) is 0 Å². The van der Waals surface area contributed by atoms with Gasteiger partial charge in [0.1, 0.15) is 5.75 Å². The molecule has 0 heterocycles. The van der Waals surface area contributed by atoms with Crippen LogP contribution in [0.25, 0.3) is 0 Å². The molecule has 1 aromatic rings. The summed E-state index contributed by atoms with van der Waals surface area (Å²) in [5.74, 6) is -0.318. The molecule has 0 saturated heterocycles. The SMILES string of the molecule is CC(C)NC(=O)COc1ccc(C(F)(F)F)cc1N. The smallest absolute Gasteiger partial charge is 0.416 e. The molecule has 0 fully saturated rings. The van der Waals surface area contributed by atoms with Gasteiger partial charge in [-0.3, -0.25) is 4.79 Å². The minimum Gasteiger partial charge on any atom is -0.482 e. The summed E-state index contributed by atoms with van der Waals surface area (Å²) in [4.78, 5) is 11.3. The fraction of sp³-hybridized carbons (Fsp3) is 0.417. The predicted molar refractivity (Wildman–Crippen MR) is 64.6 cm³/mol. The normalized spacial score (nSPS) is 11.5. The van der Waals surface area contributed by atoms with Gasteiger partial charge in [-0.1, -0.05) is 0 Å². The van der Waals surface area contributed by atoms with Crippen molar-refractivity contribution in [3.63, 3.8) is 0 Å². The van der Waals surface area contributed by atoms with Crippen LogP contribution in [0.15, 0.2) is 18.2 Å².